The van der Waals surface area contributed by atoms with Crippen molar-refractivity contribution in [2.24, 2.45) is 0 Å². The molecule has 0 bridgehead atoms. The van der Waals surface area contributed by atoms with Crippen molar-refractivity contribution >= 4 is 17.9 Å². The van der Waals surface area contributed by atoms with Crippen LogP contribution >= 0.6 is 0 Å². The lowest BCUT2D eigenvalue weighted by atomic mass is 10.0. The van der Waals surface area contributed by atoms with Gasteiger partial charge >= 0.3 is 17.9 Å². The van der Waals surface area contributed by atoms with E-state index in [-0.39, 0.29) is 18.7 Å². The fourth-order valence-electron chi connectivity index (χ4n) is 4.96. The van der Waals surface area contributed by atoms with Crippen molar-refractivity contribution < 1.29 is 38.1 Å². The van der Waals surface area contributed by atoms with Crippen LogP contribution in [0.1, 0.15) is 68.1 Å². The van der Waals surface area contributed by atoms with Gasteiger partial charge in [0.2, 0.25) is 0 Å². The number of esters is 3. The van der Waals surface area contributed by atoms with Crippen LogP contribution in [0.2, 0.25) is 0 Å². The summed E-state index contributed by atoms with van der Waals surface area (Å²) in [4.78, 5) is 35.1. The van der Waals surface area contributed by atoms with Gasteiger partial charge in [-0.25, -0.2) is 14.4 Å². The van der Waals surface area contributed by atoms with Crippen molar-refractivity contribution in [1.29, 1.82) is 0 Å². The molecule has 0 aliphatic carbocycles. The highest BCUT2D eigenvalue weighted by Crippen LogP contribution is 2.26. The summed E-state index contributed by atoms with van der Waals surface area (Å²) in [5.74, 6) is 0.788. The molecule has 1 atom stereocenters. The second-order valence-electron chi connectivity index (χ2n) is 11.1. The smallest absolute Gasteiger partial charge is 0.343 e. The number of carbonyl (C=O) groups excluding carboxylic acids is 3. The monoisotopic (exact) mass is 626 g/mol. The Morgan fingerprint density at radius 2 is 1.26 bits per heavy atom. The van der Waals surface area contributed by atoms with Gasteiger partial charge in [0, 0.05) is 24.5 Å². The largest absolute Gasteiger partial charge is 0.494 e. The van der Waals surface area contributed by atoms with Crippen LogP contribution in [0.15, 0.2) is 97.6 Å². The first-order chi connectivity index (χ1) is 22.4. The van der Waals surface area contributed by atoms with Gasteiger partial charge in [-0.2, -0.15) is 0 Å². The average molecular weight is 627 g/mol. The number of cyclic esters (lactones) is 1. The molecule has 1 aliphatic rings. The van der Waals surface area contributed by atoms with Gasteiger partial charge in [0.15, 0.2) is 0 Å². The molecule has 242 valence electrons. The first-order valence-corrected chi connectivity index (χ1v) is 15.9. The molecule has 0 radical (unpaired) electrons. The van der Waals surface area contributed by atoms with Crippen molar-refractivity contribution in [3.8, 4) is 28.4 Å². The Morgan fingerprint density at radius 3 is 1.85 bits per heavy atom. The quantitative estimate of drug-likeness (QED) is 0.0571. The highest BCUT2D eigenvalue weighted by Gasteiger charge is 2.26. The molecule has 1 aliphatic heterocycles. The van der Waals surface area contributed by atoms with Crippen molar-refractivity contribution in [3.63, 3.8) is 0 Å². The van der Waals surface area contributed by atoms with Crippen LogP contribution in [0.5, 0.6) is 17.2 Å². The summed E-state index contributed by atoms with van der Waals surface area (Å²) in [5, 5.41) is 0. The van der Waals surface area contributed by atoms with E-state index in [1.165, 1.54) is 0 Å². The number of carbonyl (C=O) groups is 3. The third-order valence-electron chi connectivity index (χ3n) is 7.54. The summed E-state index contributed by atoms with van der Waals surface area (Å²) in [6.45, 7) is 8.43. The van der Waals surface area contributed by atoms with Crippen molar-refractivity contribution in [2.45, 2.75) is 63.9 Å². The van der Waals surface area contributed by atoms with E-state index in [4.69, 9.17) is 23.7 Å². The van der Waals surface area contributed by atoms with Gasteiger partial charge in [-0.3, -0.25) is 0 Å². The molecule has 1 unspecified atom stereocenters. The van der Waals surface area contributed by atoms with E-state index in [0.29, 0.717) is 42.9 Å². The molecular formula is C38H42O8. The number of hydrogen-bond donors (Lipinski definition) is 0. The standard InChI is InChI=1S/C38H42O8/c1-3-36(39)44-26-10-25-43-32-18-12-29(13-19-32)30-14-22-34(23-15-30)45-38(41)31-16-20-33(21-17-31)42-24-9-7-5-4-6-8-11-35-27-28(2)37(40)46-35/h3,12-23,35H,1-2,4-11,24-27H2. The maximum Gasteiger partial charge on any atom is 0.343 e. The van der Waals surface area contributed by atoms with Gasteiger partial charge in [0.25, 0.3) is 0 Å². The van der Waals surface area contributed by atoms with Gasteiger partial charge in [0.05, 0.1) is 25.4 Å². The number of unbranched alkanes of at least 4 members (excludes halogenated alkanes) is 5. The summed E-state index contributed by atoms with van der Waals surface area (Å²) in [6, 6.07) is 22.0. The van der Waals surface area contributed by atoms with Gasteiger partial charge < -0.3 is 23.7 Å². The number of hydrogen-bond acceptors (Lipinski definition) is 8. The highest BCUT2D eigenvalue weighted by atomic mass is 16.6. The van der Waals surface area contributed by atoms with E-state index in [0.717, 1.165) is 73.6 Å². The molecule has 1 saturated heterocycles. The predicted octanol–water partition coefficient (Wildman–Crippen LogP) is 8.05. The number of rotatable bonds is 19. The minimum Gasteiger partial charge on any atom is -0.494 e. The molecular weight excluding hydrogens is 584 g/mol. The van der Waals surface area contributed by atoms with E-state index in [1.54, 1.807) is 36.4 Å². The van der Waals surface area contributed by atoms with Crippen LogP contribution in [0, 0.1) is 0 Å². The van der Waals surface area contributed by atoms with Gasteiger partial charge in [-0.05, 0) is 78.9 Å². The minimum atomic E-state index is -0.439. The fourth-order valence-corrected chi connectivity index (χ4v) is 4.96. The van der Waals surface area contributed by atoms with Crippen LogP contribution in [0.3, 0.4) is 0 Å². The van der Waals surface area contributed by atoms with E-state index < -0.39 is 11.9 Å². The van der Waals surface area contributed by atoms with Crippen LogP contribution < -0.4 is 14.2 Å². The van der Waals surface area contributed by atoms with Crippen LogP contribution in [0.25, 0.3) is 11.1 Å². The van der Waals surface area contributed by atoms with Crippen LogP contribution in [0.4, 0.5) is 0 Å². The van der Waals surface area contributed by atoms with E-state index in [9.17, 15) is 14.4 Å². The molecule has 8 heteroatoms. The summed E-state index contributed by atoms with van der Waals surface area (Å²) < 4.78 is 27.3. The highest BCUT2D eigenvalue weighted by molar-refractivity contribution is 5.91. The Labute approximate surface area is 271 Å². The summed E-state index contributed by atoms with van der Waals surface area (Å²) in [5.41, 5.74) is 3.01. The van der Waals surface area contributed by atoms with Gasteiger partial charge in [-0.1, -0.05) is 63.1 Å². The van der Waals surface area contributed by atoms with Gasteiger partial charge in [-0.15, -0.1) is 0 Å². The molecule has 0 spiro atoms. The van der Waals surface area contributed by atoms with Crippen LogP contribution in [-0.2, 0) is 19.1 Å². The molecule has 0 saturated carbocycles. The zero-order valence-electron chi connectivity index (χ0n) is 26.2. The maximum absolute atomic E-state index is 12.7. The molecule has 8 nitrogen and oxygen atoms in total. The third kappa shape index (κ3) is 11.3. The van der Waals surface area contributed by atoms with E-state index >= 15 is 0 Å². The molecule has 0 aromatic heterocycles. The lowest BCUT2D eigenvalue weighted by Crippen LogP contribution is -2.08. The first-order valence-electron chi connectivity index (χ1n) is 15.9. The number of ether oxygens (including phenoxy) is 5. The Morgan fingerprint density at radius 1 is 0.717 bits per heavy atom. The van der Waals surface area contributed by atoms with Gasteiger partial charge in [0.1, 0.15) is 23.4 Å². The minimum absolute atomic E-state index is 0.0206. The Hall–Kier alpha value is -4.85. The molecule has 1 fully saturated rings. The zero-order chi connectivity index (χ0) is 32.6. The second kappa shape index (κ2) is 18.2. The SMILES string of the molecule is C=CC(=O)OCCCOc1ccc(-c2ccc(OC(=O)c3ccc(OCCCCCCCCC4CC(=C)C(=O)O4)cc3)cc2)cc1. The molecule has 46 heavy (non-hydrogen) atoms. The molecule has 3 aromatic rings. The molecule has 4 rings (SSSR count). The summed E-state index contributed by atoms with van der Waals surface area (Å²) in [7, 11) is 0. The van der Waals surface area contributed by atoms with Crippen molar-refractivity contribution in [1.82, 2.24) is 0 Å². The molecule has 0 amide bonds. The van der Waals surface area contributed by atoms with Crippen molar-refractivity contribution in [2.75, 3.05) is 19.8 Å². The number of benzene rings is 3. The topological polar surface area (TPSA) is 97.4 Å². The molecule has 0 N–H and O–H groups in total. The summed E-state index contributed by atoms with van der Waals surface area (Å²) >= 11 is 0. The Bertz CT molecular complexity index is 1430. The lowest BCUT2D eigenvalue weighted by Gasteiger charge is -2.09. The maximum atomic E-state index is 12.7. The molecule has 3 aromatic carbocycles. The fraction of sp³-hybridized carbons (Fsp3) is 0.342. The first kappa shape index (κ1) is 34.0. The average Bonchev–Trinajstić information content (AvgIpc) is 3.40. The van der Waals surface area contributed by atoms with E-state index in [2.05, 4.69) is 13.2 Å². The predicted molar refractivity (Wildman–Crippen MR) is 176 cm³/mol. The van der Waals surface area contributed by atoms with E-state index in [1.807, 2.05) is 36.4 Å². The molecule has 1 heterocycles. The second-order valence-corrected chi connectivity index (χ2v) is 11.1. The lowest BCUT2D eigenvalue weighted by molar-refractivity contribution is -0.139. The Kier molecular flexibility index (Phi) is 13.5. The van der Waals surface area contributed by atoms with Crippen molar-refractivity contribution in [3.05, 3.63) is 103 Å². The van der Waals surface area contributed by atoms with Crippen LogP contribution in [-0.4, -0.2) is 43.8 Å². The Balaban J connectivity index is 1.09. The summed E-state index contributed by atoms with van der Waals surface area (Å²) in [6.07, 6.45) is 9.89. The zero-order valence-corrected chi connectivity index (χ0v) is 26.2. The normalized spacial score (nSPS) is 14.0. The third-order valence-corrected chi connectivity index (χ3v) is 7.54.